The van der Waals surface area contributed by atoms with Crippen LogP contribution in [0.2, 0.25) is 0 Å². The molecule has 5 aromatic rings. The van der Waals surface area contributed by atoms with Crippen LogP contribution in [0, 0.1) is 6.92 Å². The van der Waals surface area contributed by atoms with Crippen molar-refractivity contribution in [3.63, 3.8) is 0 Å². The van der Waals surface area contributed by atoms with E-state index in [9.17, 15) is 0 Å². The van der Waals surface area contributed by atoms with Crippen LogP contribution in [0.1, 0.15) is 33.3 Å². The van der Waals surface area contributed by atoms with Gasteiger partial charge in [-0.3, -0.25) is 0 Å². The average Bonchev–Trinajstić information content (AvgIpc) is 3.18. The number of para-hydroxylation sites is 2. The smallest absolute Gasteiger partial charge is 0.173 e. The summed E-state index contributed by atoms with van der Waals surface area (Å²) in [6.45, 7) is 12.0. The highest BCUT2D eigenvalue weighted by Crippen LogP contribution is 2.62. The van der Waals surface area contributed by atoms with Crippen molar-refractivity contribution in [2.24, 2.45) is 4.74 Å². The van der Waals surface area contributed by atoms with Gasteiger partial charge in [-0.05, 0) is 62.4 Å². The maximum atomic E-state index is 7.02. The maximum Gasteiger partial charge on any atom is 0.173 e. The summed E-state index contributed by atoms with van der Waals surface area (Å²) >= 11 is 0. The molecule has 0 fully saturated rings. The fraction of sp³-hybridized carbons (Fsp3) is 0.226. The Labute approximate surface area is 208 Å². The van der Waals surface area contributed by atoms with Gasteiger partial charge in [0, 0.05) is 38.8 Å². The van der Waals surface area contributed by atoms with E-state index in [4.69, 9.17) is 9.27 Å². The minimum Gasteiger partial charge on any atom is -0.455 e. The molecule has 1 atom stereocenters. The van der Waals surface area contributed by atoms with Crippen LogP contribution in [-0.4, -0.2) is 9.72 Å². The van der Waals surface area contributed by atoms with Crippen molar-refractivity contribution in [2.45, 2.75) is 46.3 Å². The van der Waals surface area contributed by atoms with Crippen molar-refractivity contribution in [3.05, 3.63) is 103 Å². The number of hydrogen-bond acceptors (Lipinski definition) is 2. The summed E-state index contributed by atoms with van der Waals surface area (Å²) in [4.78, 5) is 0. The standard InChI is InChI=1S/C31H33N2OP/c1-6-33-29-15-11-10-14-27(29)28-22-26(20-21-30(28)33)35(31(3,4)5,34-25-12-8-7-9-13-25)32-24-18-16-23(2)17-19-24/h7-22H,6H2,1-5H3/t35-/m1/s1. The number of rotatable bonds is 5. The summed E-state index contributed by atoms with van der Waals surface area (Å²) in [5.74, 6) is 0.850. The van der Waals surface area contributed by atoms with Crippen LogP contribution in [0.3, 0.4) is 0 Å². The summed E-state index contributed by atoms with van der Waals surface area (Å²) in [6.07, 6.45) is 0. The third-order valence-electron chi connectivity index (χ3n) is 6.60. The Balaban J connectivity index is 1.84. The van der Waals surface area contributed by atoms with Gasteiger partial charge in [0.1, 0.15) is 5.75 Å². The molecule has 0 amide bonds. The number of aryl methyl sites for hydroxylation is 2. The van der Waals surface area contributed by atoms with E-state index >= 15 is 0 Å². The summed E-state index contributed by atoms with van der Waals surface area (Å²) in [6, 6.07) is 34.1. The fourth-order valence-electron chi connectivity index (χ4n) is 4.78. The van der Waals surface area contributed by atoms with Crippen LogP contribution in [0.15, 0.2) is 102 Å². The zero-order valence-corrected chi connectivity index (χ0v) is 22.1. The molecule has 0 saturated carbocycles. The Bertz CT molecular complexity index is 1540. The van der Waals surface area contributed by atoms with Gasteiger partial charge in [0.2, 0.25) is 0 Å². The van der Waals surface area contributed by atoms with Crippen LogP contribution >= 0.6 is 7.28 Å². The highest BCUT2D eigenvalue weighted by molar-refractivity contribution is 7.71. The highest BCUT2D eigenvalue weighted by atomic mass is 31.2. The van der Waals surface area contributed by atoms with Gasteiger partial charge in [0.05, 0.1) is 5.69 Å². The molecule has 0 spiro atoms. The molecule has 0 aliphatic carbocycles. The van der Waals surface area contributed by atoms with Crippen LogP contribution < -0.4 is 9.83 Å². The van der Waals surface area contributed by atoms with Crippen molar-refractivity contribution in [1.82, 2.24) is 4.57 Å². The molecule has 1 heterocycles. The molecule has 4 heteroatoms. The van der Waals surface area contributed by atoms with E-state index in [1.165, 1.54) is 27.4 Å². The maximum absolute atomic E-state index is 7.02. The second-order valence-corrected chi connectivity index (χ2v) is 13.4. The second-order valence-electron chi connectivity index (χ2n) is 10.0. The second kappa shape index (κ2) is 9.06. The number of benzene rings is 4. The third-order valence-corrected chi connectivity index (χ3v) is 10.4. The van der Waals surface area contributed by atoms with Gasteiger partial charge in [-0.15, -0.1) is 0 Å². The largest absolute Gasteiger partial charge is 0.455 e. The van der Waals surface area contributed by atoms with E-state index in [0.717, 1.165) is 23.3 Å². The Hall–Kier alpha value is -3.29. The summed E-state index contributed by atoms with van der Waals surface area (Å²) < 4.78 is 14.9. The van der Waals surface area contributed by atoms with Gasteiger partial charge < -0.3 is 9.09 Å². The Morgan fingerprint density at radius 1 is 0.771 bits per heavy atom. The van der Waals surface area contributed by atoms with Crippen molar-refractivity contribution in [2.75, 3.05) is 0 Å². The molecule has 0 saturated heterocycles. The normalized spacial score (nSPS) is 13.6. The van der Waals surface area contributed by atoms with Gasteiger partial charge in [0.25, 0.3) is 0 Å². The first-order chi connectivity index (χ1) is 16.8. The molecule has 1 aromatic heterocycles. The van der Waals surface area contributed by atoms with Crippen molar-refractivity contribution < 1.29 is 4.52 Å². The number of fused-ring (bicyclic) bond motifs is 3. The molecular weight excluding hydrogens is 447 g/mol. The van der Waals surface area contributed by atoms with Crippen molar-refractivity contribution in [3.8, 4) is 5.75 Å². The molecule has 0 aliphatic heterocycles. The molecular formula is C31H33N2OP. The molecule has 0 N–H and O–H groups in total. The predicted octanol–water partition coefficient (Wildman–Crippen LogP) is 9.07. The van der Waals surface area contributed by atoms with Crippen molar-refractivity contribution in [1.29, 1.82) is 0 Å². The number of hydrogen-bond donors (Lipinski definition) is 0. The predicted molar refractivity (Wildman–Crippen MR) is 152 cm³/mol. The summed E-state index contributed by atoms with van der Waals surface area (Å²) in [7, 11) is -2.56. The highest BCUT2D eigenvalue weighted by Gasteiger charge is 2.39. The van der Waals surface area contributed by atoms with E-state index in [-0.39, 0.29) is 5.16 Å². The fourth-order valence-corrected chi connectivity index (χ4v) is 7.86. The van der Waals surface area contributed by atoms with Crippen molar-refractivity contribution >= 4 is 40.1 Å². The Morgan fingerprint density at radius 3 is 2.11 bits per heavy atom. The molecule has 178 valence electrons. The van der Waals surface area contributed by atoms with Crippen LogP contribution in [0.25, 0.3) is 21.8 Å². The van der Waals surface area contributed by atoms with Crippen LogP contribution in [0.4, 0.5) is 5.69 Å². The number of aromatic nitrogens is 1. The molecule has 0 aliphatic rings. The average molecular weight is 481 g/mol. The Morgan fingerprint density at radius 2 is 1.43 bits per heavy atom. The van der Waals surface area contributed by atoms with Gasteiger partial charge in [0.15, 0.2) is 7.28 Å². The molecule has 5 rings (SSSR count). The van der Waals surface area contributed by atoms with E-state index in [0.29, 0.717) is 0 Å². The van der Waals surface area contributed by atoms with E-state index in [1.54, 1.807) is 0 Å². The summed E-state index contributed by atoms with van der Waals surface area (Å²) in [5.41, 5.74) is 4.69. The summed E-state index contributed by atoms with van der Waals surface area (Å²) in [5, 5.41) is 3.45. The minimum absolute atomic E-state index is 0.232. The lowest BCUT2D eigenvalue weighted by atomic mass is 10.1. The zero-order valence-electron chi connectivity index (χ0n) is 21.2. The molecule has 0 radical (unpaired) electrons. The monoisotopic (exact) mass is 480 g/mol. The third kappa shape index (κ3) is 4.19. The van der Waals surface area contributed by atoms with Crippen LogP contribution in [-0.2, 0) is 6.54 Å². The molecule has 3 nitrogen and oxygen atoms in total. The topological polar surface area (TPSA) is 26.5 Å². The lowest BCUT2D eigenvalue weighted by Gasteiger charge is -2.37. The zero-order chi connectivity index (χ0) is 24.6. The first-order valence-corrected chi connectivity index (χ1v) is 13.9. The van der Waals surface area contributed by atoms with E-state index < -0.39 is 7.28 Å². The minimum atomic E-state index is -2.56. The molecule has 35 heavy (non-hydrogen) atoms. The van der Waals surface area contributed by atoms with Crippen LogP contribution in [0.5, 0.6) is 5.75 Å². The molecule has 4 aromatic carbocycles. The van der Waals surface area contributed by atoms with Gasteiger partial charge in [-0.2, -0.15) is 0 Å². The molecule has 0 unspecified atom stereocenters. The van der Waals surface area contributed by atoms with E-state index in [1.807, 2.05) is 30.3 Å². The lowest BCUT2D eigenvalue weighted by Crippen LogP contribution is -2.27. The van der Waals surface area contributed by atoms with Gasteiger partial charge in [-0.1, -0.05) is 74.9 Å². The van der Waals surface area contributed by atoms with Gasteiger partial charge in [-0.25, -0.2) is 4.74 Å². The Kier molecular flexibility index (Phi) is 6.07. The lowest BCUT2D eigenvalue weighted by molar-refractivity contribution is 0.571. The van der Waals surface area contributed by atoms with Gasteiger partial charge >= 0.3 is 0 Å². The molecule has 0 bridgehead atoms. The quantitative estimate of drug-likeness (QED) is 0.230. The van der Waals surface area contributed by atoms with E-state index in [2.05, 4.69) is 106 Å². The SMILES string of the molecule is CCn1c2ccccc2c2cc([P@@](=Nc3ccc(C)cc3)(Oc3ccccc3)C(C)(C)C)ccc21. The number of nitrogens with zero attached hydrogens (tertiary/aromatic N) is 2. The first-order valence-electron chi connectivity index (χ1n) is 12.3. The first kappa shape index (κ1) is 23.5.